The Kier molecular flexibility index (Phi) is 9.18. The van der Waals surface area contributed by atoms with Gasteiger partial charge in [0, 0.05) is 30.9 Å². The van der Waals surface area contributed by atoms with Gasteiger partial charge < -0.3 is 5.11 Å². The van der Waals surface area contributed by atoms with Crippen molar-refractivity contribution in [2.24, 2.45) is 0 Å². The molecule has 0 atom stereocenters. The maximum atomic E-state index is 13.1. The van der Waals surface area contributed by atoms with Crippen LogP contribution < -0.4 is 4.72 Å². The summed E-state index contributed by atoms with van der Waals surface area (Å²) in [7, 11) is -3.62. The van der Waals surface area contributed by atoms with Crippen molar-refractivity contribution in [3.8, 4) is 0 Å². The van der Waals surface area contributed by atoms with Crippen molar-refractivity contribution in [3.05, 3.63) is 99.9 Å². The molecule has 1 aromatic heterocycles. The highest BCUT2D eigenvalue weighted by molar-refractivity contribution is 7.89. The molecule has 1 heterocycles. The van der Waals surface area contributed by atoms with E-state index in [0.717, 1.165) is 44.5 Å². The molecule has 36 heavy (non-hydrogen) atoms. The van der Waals surface area contributed by atoms with Gasteiger partial charge in [-0.3, -0.25) is 9.78 Å². The predicted molar refractivity (Wildman–Crippen MR) is 144 cm³/mol. The van der Waals surface area contributed by atoms with Crippen molar-refractivity contribution < 1.29 is 18.3 Å². The average Bonchev–Trinajstić information content (AvgIpc) is 2.84. The Labute approximate surface area is 214 Å². The van der Waals surface area contributed by atoms with Crippen molar-refractivity contribution in [1.29, 1.82) is 0 Å². The quantitative estimate of drug-likeness (QED) is 0.334. The molecule has 0 saturated heterocycles. The lowest BCUT2D eigenvalue weighted by atomic mass is 9.96. The van der Waals surface area contributed by atoms with E-state index in [1.807, 2.05) is 70.2 Å². The number of rotatable bonds is 11. The van der Waals surface area contributed by atoms with Crippen molar-refractivity contribution >= 4 is 21.6 Å². The van der Waals surface area contributed by atoms with Crippen LogP contribution in [0.4, 0.5) is 0 Å². The zero-order valence-corrected chi connectivity index (χ0v) is 22.2. The van der Waals surface area contributed by atoms with Gasteiger partial charge in [0.2, 0.25) is 10.0 Å². The Morgan fingerprint density at radius 2 is 1.67 bits per heavy atom. The summed E-state index contributed by atoms with van der Waals surface area (Å²) < 4.78 is 28.9. The number of sulfonamides is 1. The maximum absolute atomic E-state index is 13.1. The molecule has 3 rings (SSSR count). The Balaban J connectivity index is 1.71. The molecule has 7 heteroatoms. The van der Waals surface area contributed by atoms with E-state index in [9.17, 15) is 13.2 Å². The number of nitrogens with zero attached hydrogens (tertiary/aromatic N) is 1. The Hall–Kier alpha value is -3.29. The van der Waals surface area contributed by atoms with E-state index >= 15 is 0 Å². The summed E-state index contributed by atoms with van der Waals surface area (Å²) >= 11 is 0. The number of carbonyl (C=O) groups is 1. The number of carboxylic acid groups (broad SMARTS) is 1. The fraction of sp³-hybridized carbons (Fsp3) is 0.310. The molecule has 0 radical (unpaired) electrons. The topological polar surface area (TPSA) is 96.4 Å². The van der Waals surface area contributed by atoms with E-state index in [2.05, 4.69) is 15.8 Å². The number of pyridine rings is 1. The molecule has 0 aliphatic rings. The molecule has 190 valence electrons. The van der Waals surface area contributed by atoms with Crippen molar-refractivity contribution in [1.82, 2.24) is 9.71 Å². The number of nitrogens with one attached hydrogen (secondary N) is 1. The smallest absolute Gasteiger partial charge is 0.303 e. The van der Waals surface area contributed by atoms with Gasteiger partial charge in [-0.05, 0) is 92.0 Å². The van der Waals surface area contributed by atoms with Gasteiger partial charge in [-0.25, -0.2) is 13.1 Å². The third kappa shape index (κ3) is 6.89. The second-order valence-corrected chi connectivity index (χ2v) is 10.8. The van der Waals surface area contributed by atoms with Crippen LogP contribution in [0.2, 0.25) is 0 Å². The van der Waals surface area contributed by atoms with Crippen molar-refractivity contribution in [3.63, 3.8) is 0 Å². The lowest BCUT2D eigenvalue weighted by molar-refractivity contribution is -0.137. The summed E-state index contributed by atoms with van der Waals surface area (Å²) in [6.07, 6.45) is 7.48. The molecule has 0 fully saturated rings. The fourth-order valence-corrected chi connectivity index (χ4v) is 5.90. The zero-order valence-electron chi connectivity index (χ0n) is 21.3. The van der Waals surface area contributed by atoms with Gasteiger partial charge in [0.25, 0.3) is 0 Å². The molecule has 0 saturated carbocycles. The van der Waals surface area contributed by atoms with Crippen LogP contribution in [0.25, 0.3) is 5.57 Å². The lowest BCUT2D eigenvalue weighted by Crippen LogP contribution is -2.27. The van der Waals surface area contributed by atoms with E-state index in [-0.39, 0.29) is 6.42 Å². The number of aromatic nitrogens is 1. The Morgan fingerprint density at radius 1 is 1.00 bits per heavy atom. The molecular weight excluding hydrogens is 472 g/mol. The third-order valence-corrected chi connectivity index (χ3v) is 8.19. The molecule has 6 nitrogen and oxygen atoms in total. The minimum Gasteiger partial charge on any atom is -0.481 e. The Bertz CT molecular complexity index is 1320. The third-order valence-electron chi connectivity index (χ3n) is 6.45. The first-order chi connectivity index (χ1) is 17.1. The molecule has 0 amide bonds. The van der Waals surface area contributed by atoms with Crippen LogP contribution in [-0.4, -0.2) is 31.0 Å². The second kappa shape index (κ2) is 12.1. The minimum atomic E-state index is -3.62. The van der Waals surface area contributed by atoms with Crippen LogP contribution in [0.1, 0.15) is 58.2 Å². The molecule has 3 aromatic rings. The maximum Gasteiger partial charge on any atom is 0.303 e. The van der Waals surface area contributed by atoms with Crippen LogP contribution in [0.15, 0.2) is 65.8 Å². The van der Waals surface area contributed by atoms with Gasteiger partial charge in [-0.1, -0.05) is 42.5 Å². The van der Waals surface area contributed by atoms with Crippen molar-refractivity contribution in [2.45, 2.75) is 58.3 Å². The van der Waals surface area contributed by atoms with Gasteiger partial charge in [0.1, 0.15) is 0 Å². The summed E-state index contributed by atoms with van der Waals surface area (Å²) in [5.74, 6) is -0.797. The molecular formula is C29H34N2O4S. The molecule has 2 aromatic carbocycles. The van der Waals surface area contributed by atoms with E-state index < -0.39 is 16.0 Å². The molecule has 2 N–H and O–H groups in total. The normalized spacial score (nSPS) is 12.1. The highest BCUT2D eigenvalue weighted by atomic mass is 32.2. The monoisotopic (exact) mass is 506 g/mol. The summed E-state index contributed by atoms with van der Waals surface area (Å²) in [6.45, 7) is 7.87. The second-order valence-electron chi connectivity index (χ2n) is 9.08. The van der Waals surface area contributed by atoms with Crippen LogP contribution in [-0.2, 0) is 21.2 Å². The van der Waals surface area contributed by atoms with Crippen LogP contribution in [0.3, 0.4) is 0 Å². The van der Waals surface area contributed by atoms with E-state index in [1.54, 1.807) is 12.4 Å². The first kappa shape index (κ1) is 27.3. The number of hydrogen-bond donors (Lipinski definition) is 2. The predicted octanol–water partition coefficient (Wildman–Crippen LogP) is 5.52. The summed E-state index contributed by atoms with van der Waals surface area (Å²) in [5.41, 5.74) is 7.50. The standard InChI is InChI=1S/C29H34N2O4S/c1-20-18-21(2)23(4)29(22(20)3)36(34,35)31-17-15-24-11-13-25(14-12-24)27(9-5-6-10-28(32)33)26-8-7-16-30-19-26/h7-9,11-14,16,18-19,31H,5-6,10,15,17H2,1-4H3,(H,32,33). The van der Waals surface area contributed by atoms with E-state index in [0.29, 0.717) is 30.7 Å². The number of aliphatic carboxylic acids is 1. The van der Waals surface area contributed by atoms with Gasteiger partial charge >= 0.3 is 5.97 Å². The first-order valence-corrected chi connectivity index (χ1v) is 13.6. The first-order valence-electron chi connectivity index (χ1n) is 12.1. The lowest BCUT2D eigenvalue weighted by Gasteiger charge is -2.16. The number of hydrogen-bond acceptors (Lipinski definition) is 4. The number of allylic oxidation sites excluding steroid dienone is 1. The van der Waals surface area contributed by atoms with Crippen molar-refractivity contribution in [2.75, 3.05) is 6.54 Å². The fourth-order valence-electron chi connectivity index (χ4n) is 4.26. The van der Waals surface area contributed by atoms with Crippen LogP contribution >= 0.6 is 0 Å². The number of benzene rings is 2. The molecule has 0 bridgehead atoms. The highest BCUT2D eigenvalue weighted by Gasteiger charge is 2.21. The number of aryl methyl sites for hydroxylation is 2. The van der Waals surface area contributed by atoms with Gasteiger partial charge in [-0.15, -0.1) is 0 Å². The zero-order chi connectivity index (χ0) is 26.3. The van der Waals surface area contributed by atoms with Crippen LogP contribution in [0, 0.1) is 27.7 Å². The molecule has 0 spiro atoms. The molecule has 0 unspecified atom stereocenters. The van der Waals surface area contributed by atoms with Gasteiger partial charge in [0.05, 0.1) is 4.90 Å². The van der Waals surface area contributed by atoms with E-state index in [4.69, 9.17) is 5.11 Å². The summed E-state index contributed by atoms with van der Waals surface area (Å²) in [4.78, 5) is 15.4. The molecule has 0 aliphatic heterocycles. The van der Waals surface area contributed by atoms with Gasteiger partial charge in [0.15, 0.2) is 0 Å². The SMILES string of the molecule is Cc1cc(C)c(C)c(S(=O)(=O)NCCc2ccc(C(=CCCCC(=O)O)c3cccnc3)cc2)c1C. The summed E-state index contributed by atoms with van der Waals surface area (Å²) in [5, 5.41) is 8.91. The number of carboxylic acids is 1. The van der Waals surface area contributed by atoms with Crippen LogP contribution in [0.5, 0.6) is 0 Å². The number of unbranched alkanes of at least 4 members (excludes halogenated alkanes) is 1. The largest absolute Gasteiger partial charge is 0.481 e. The summed E-state index contributed by atoms with van der Waals surface area (Å²) in [6, 6.07) is 13.9. The average molecular weight is 507 g/mol. The van der Waals surface area contributed by atoms with E-state index in [1.165, 1.54) is 0 Å². The Morgan fingerprint density at radius 3 is 2.25 bits per heavy atom. The highest BCUT2D eigenvalue weighted by Crippen LogP contribution is 2.26. The van der Waals surface area contributed by atoms with Gasteiger partial charge in [-0.2, -0.15) is 0 Å². The molecule has 0 aliphatic carbocycles. The minimum absolute atomic E-state index is 0.132.